The first-order valence-corrected chi connectivity index (χ1v) is 7.74. The van der Waals surface area contributed by atoms with Gasteiger partial charge >= 0.3 is 0 Å². The van der Waals surface area contributed by atoms with E-state index in [2.05, 4.69) is 15.4 Å². The highest BCUT2D eigenvalue weighted by atomic mass is 35.5. The second kappa shape index (κ2) is 6.68. The lowest BCUT2D eigenvalue weighted by molar-refractivity contribution is 0.101. The monoisotopic (exact) mass is 382 g/mol. The van der Waals surface area contributed by atoms with Crippen LogP contribution in [0, 0.1) is 0 Å². The average molecular weight is 384 g/mol. The molecule has 24 heavy (non-hydrogen) atoms. The molecule has 1 aromatic heterocycles. The summed E-state index contributed by atoms with van der Waals surface area (Å²) in [5.41, 5.74) is 1.03. The van der Waals surface area contributed by atoms with Crippen molar-refractivity contribution in [2.45, 2.75) is 0 Å². The number of anilines is 1. The number of phenols is 1. The Balaban J connectivity index is 1.82. The third-order valence-electron chi connectivity index (χ3n) is 3.06. The van der Waals surface area contributed by atoms with Crippen LogP contribution >= 0.6 is 34.8 Å². The predicted molar refractivity (Wildman–Crippen MR) is 92.4 cm³/mol. The number of phenolic OH excluding ortho intramolecular Hbond substituents is 1. The molecule has 0 spiro atoms. The van der Waals surface area contributed by atoms with Crippen molar-refractivity contribution in [1.82, 2.24) is 14.8 Å². The Morgan fingerprint density at radius 3 is 2.33 bits per heavy atom. The normalized spacial score (nSPS) is 10.6. The van der Waals surface area contributed by atoms with Gasteiger partial charge in [0.15, 0.2) is 5.75 Å². The summed E-state index contributed by atoms with van der Waals surface area (Å²) >= 11 is 17.5. The van der Waals surface area contributed by atoms with E-state index in [0.29, 0.717) is 16.4 Å². The molecule has 0 aliphatic rings. The molecule has 122 valence electrons. The van der Waals surface area contributed by atoms with Crippen molar-refractivity contribution in [2.24, 2.45) is 0 Å². The van der Waals surface area contributed by atoms with E-state index in [1.807, 2.05) is 0 Å². The number of nitrogens with one attached hydrogen (secondary N) is 1. The van der Waals surface area contributed by atoms with Crippen molar-refractivity contribution in [3.8, 4) is 11.4 Å². The van der Waals surface area contributed by atoms with E-state index in [1.165, 1.54) is 23.1 Å². The summed E-state index contributed by atoms with van der Waals surface area (Å²) in [6.07, 6.45) is 1.34. The fraction of sp³-hybridized carbons (Fsp3) is 0. The Hall–Kier alpha value is -2.28. The third kappa shape index (κ3) is 3.46. The van der Waals surface area contributed by atoms with Crippen LogP contribution in [0.25, 0.3) is 5.69 Å². The fourth-order valence-corrected chi connectivity index (χ4v) is 2.50. The number of hydrogen-bond donors (Lipinski definition) is 2. The van der Waals surface area contributed by atoms with Crippen LogP contribution in [-0.2, 0) is 0 Å². The molecule has 1 heterocycles. The first kappa shape index (κ1) is 16.6. The van der Waals surface area contributed by atoms with E-state index >= 15 is 0 Å². The second-order valence-electron chi connectivity index (χ2n) is 4.73. The van der Waals surface area contributed by atoms with E-state index in [1.54, 1.807) is 24.3 Å². The van der Waals surface area contributed by atoms with E-state index < -0.39 is 5.91 Å². The zero-order chi connectivity index (χ0) is 17.3. The minimum atomic E-state index is -0.480. The summed E-state index contributed by atoms with van der Waals surface area (Å²) < 4.78 is 1.33. The number of carbonyl (C=O) groups is 1. The molecule has 3 rings (SSSR count). The average Bonchev–Trinajstić information content (AvgIpc) is 3.04. The van der Waals surface area contributed by atoms with Gasteiger partial charge in [-0.3, -0.25) is 4.79 Å². The highest BCUT2D eigenvalue weighted by molar-refractivity contribution is 6.37. The number of amides is 1. The smallest absolute Gasteiger partial charge is 0.295 e. The Morgan fingerprint density at radius 2 is 1.71 bits per heavy atom. The Morgan fingerprint density at radius 1 is 1.08 bits per heavy atom. The lowest BCUT2D eigenvalue weighted by atomic mass is 10.3. The molecule has 0 saturated heterocycles. The molecule has 2 aromatic carbocycles. The van der Waals surface area contributed by atoms with Crippen LogP contribution in [-0.4, -0.2) is 25.8 Å². The second-order valence-corrected chi connectivity index (χ2v) is 5.98. The summed E-state index contributed by atoms with van der Waals surface area (Å²) in [5.74, 6) is -0.736. The van der Waals surface area contributed by atoms with Gasteiger partial charge in [0.05, 0.1) is 15.7 Å². The number of hydrogen-bond acceptors (Lipinski definition) is 4. The minimum Gasteiger partial charge on any atom is -0.505 e. The van der Waals surface area contributed by atoms with Crippen molar-refractivity contribution >= 4 is 46.4 Å². The number of rotatable bonds is 3. The molecule has 9 heteroatoms. The highest BCUT2D eigenvalue weighted by Crippen LogP contribution is 2.33. The van der Waals surface area contributed by atoms with Crippen molar-refractivity contribution in [2.75, 3.05) is 5.32 Å². The summed E-state index contributed by atoms with van der Waals surface area (Å²) in [6.45, 7) is 0. The van der Waals surface area contributed by atoms with Crippen LogP contribution in [0.4, 0.5) is 5.69 Å². The van der Waals surface area contributed by atoms with Gasteiger partial charge in [-0.15, -0.1) is 5.10 Å². The van der Waals surface area contributed by atoms with Gasteiger partial charge in [0.1, 0.15) is 6.33 Å². The maximum Gasteiger partial charge on any atom is 0.295 e. The van der Waals surface area contributed by atoms with Gasteiger partial charge in [-0.2, -0.15) is 0 Å². The Labute approximate surface area is 151 Å². The van der Waals surface area contributed by atoms with Crippen molar-refractivity contribution in [3.05, 3.63) is 63.6 Å². The lowest BCUT2D eigenvalue weighted by Crippen LogP contribution is -2.14. The van der Waals surface area contributed by atoms with Gasteiger partial charge < -0.3 is 10.4 Å². The van der Waals surface area contributed by atoms with E-state index in [9.17, 15) is 9.90 Å². The molecular weight excluding hydrogens is 375 g/mol. The molecule has 1 amide bonds. The van der Waals surface area contributed by atoms with Crippen LogP contribution < -0.4 is 5.32 Å². The molecule has 0 atom stereocenters. The molecule has 0 saturated carbocycles. The number of halogens is 3. The van der Waals surface area contributed by atoms with Crippen molar-refractivity contribution in [1.29, 1.82) is 0 Å². The standard InChI is InChI=1S/C15H9Cl3N4O2/c16-8-1-3-9(4-2-8)20-15(24)14-19-7-22(21-14)10-5-11(17)13(23)12(18)6-10/h1-7,23H,(H,20,24). The number of carbonyl (C=O) groups excluding carboxylic acids is 1. The summed E-state index contributed by atoms with van der Waals surface area (Å²) in [7, 11) is 0. The molecule has 0 unspecified atom stereocenters. The van der Waals surface area contributed by atoms with Gasteiger partial charge in [-0.05, 0) is 36.4 Å². The number of nitrogens with zero attached hydrogens (tertiary/aromatic N) is 3. The molecule has 0 radical (unpaired) electrons. The first-order chi connectivity index (χ1) is 11.4. The molecular formula is C15H9Cl3N4O2. The molecule has 0 fully saturated rings. The van der Waals surface area contributed by atoms with Crippen LogP contribution in [0.2, 0.25) is 15.1 Å². The van der Waals surface area contributed by atoms with Crippen molar-refractivity contribution < 1.29 is 9.90 Å². The van der Waals surface area contributed by atoms with Crippen molar-refractivity contribution in [3.63, 3.8) is 0 Å². The van der Waals surface area contributed by atoms with Gasteiger partial charge in [-0.25, -0.2) is 9.67 Å². The topological polar surface area (TPSA) is 80.0 Å². The maximum atomic E-state index is 12.2. The molecule has 0 aliphatic heterocycles. The summed E-state index contributed by atoms with van der Waals surface area (Å²) in [6, 6.07) is 9.55. The molecule has 0 bridgehead atoms. The van der Waals surface area contributed by atoms with Gasteiger partial charge in [-0.1, -0.05) is 34.8 Å². The van der Waals surface area contributed by atoms with Gasteiger partial charge in [0.25, 0.3) is 5.91 Å². The largest absolute Gasteiger partial charge is 0.505 e. The Kier molecular flexibility index (Phi) is 4.62. The van der Waals surface area contributed by atoms with Gasteiger partial charge in [0.2, 0.25) is 5.82 Å². The summed E-state index contributed by atoms with van der Waals surface area (Å²) in [5, 5.41) is 17.0. The van der Waals surface area contributed by atoms with E-state index in [-0.39, 0.29) is 21.6 Å². The maximum absolute atomic E-state index is 12.2. The number of aromatic nitrogens is 3. The van der Waals surface area contributed by atoms with Crippen LogP contribution in [0.15, 0.2) is 42.7 Å². The number of benzene rings is 2. The van der Waals surface area contributed by atoms with E-state index in [0.717, 1.165) is 0 Å². The van der Waals surface area contributed by atoms with Crippen LogP contribution in [0.3, 0.4) is 0 Å². The summed E-state index contributed by atoms with van der Waals surface area (Å²) in [4.78, 5) is 16.1. The third-order valence-corrected chi connectivity index (χ3v) is 3.89. The SMILES string of the molecule is O=C(Nc1ccc(Cl)cc1)c1ncn(-c2cc(Cl)c(O)c(Cl)c2)n1. The fourth-order valence-electron chi connectivity index (χ4n) is 1.90. The first-order valence-electron chi connectivity index (χ1n) is 6.61. The minimum absolute atomic E-state index is 0.0368. The zero-order valence-electron chi connectivity index (χ0n) is 11.9. The molecule has 2 N–H and O–H groups in total. The number of aromatic hydroxyl groups is 1. The Bertz CT molecular complexity index is 886. The quantitative estimate of drug-likeness (QED) is 0.711. The van der Waals surface area contributed by atoms with Gasteiger partial charge in [0, 0.05) is 10.7 Å². The molecule has 3 aromatic rings. The van der Waals surface area contributed by atoms with Crippen LogP contribution in [0.5, 0.6) is 5.75 Å². The molecule has 0 aliphatic carbocycles. The van der Waals surface area contributed by atoms with E-state index in [4.69, 9.17) is 34.8 Å². The lowest BCUT2D eigenvalue weighted by Gasteiger charge is -2.05. The predicted octanol–water partition coefficient (Wildman–Crippen LogP) is 4.19. The zero-order valence-corrected chi connectivity index (χ0v) is 14.1. The van der Waals surface area contributed by atoms with Crippen LogP contribution in [0.1, 0.15) is 10.6 Å². The highest BCUT2D eigenvalue weighted by Gasteiger charge is 2.14. The molecule has 6 nitrogen and oxygen atoms in total.